The lowest BCUT2D eigenvalue weighted by molar-refractivity contribution is 0.0949. The number of rotatable bonds is 7. The van der Waals surface area contributed by atoms with Crippen LogP contribution in [-0.4, -0.2) is 23.7 Å². The summed E-state index contributed by atoms with van der Waals surface area (Å²) >= 11 is 0. The van der Waals surface area contributed by atoms with Crippen molar-refractivity contribution in [3.63, 3.8) is 0 Å². The van der Waals surface area contributed by atoms with E-state index in [1.807, 2.05) is 40.0 Å². The monoisotopic (exact) mass is 316 g/mol. The average Bonchev–Trinajstić information content (AvgIpc) is 2.86. The molecule has 0 aliphatic carbocycles. The molecule has 124 valence electrons. The van der Waals surface area contributed by atoms with Crippen LogP contribution in [0, 0.1) is 6.92 Å². The average molecular weight is 316 g/mol. The van der Waals surface area contributed by atoms with E-state index in [-0.39, 0.29) is 5.91 Å². The summed E-state index contributed by atoms with van der Waals surface area (Å²) in [6.45, 7) is 7.41. The van der Waals surface area contributed by atoms with Crippen molar-refractivity contribution in [2.45, 2.75) is 27.3 Å². The second-order valence-electron chi connectivity index (χ2n) is 5.24. The first-order valence-electron chi connectivity index (χ1n) is 7.85. The van der Waals surface area contributed by atoms with E-state index in [0.29, 0.717) is 36.8 Å². The van der Waals surface area contributed by atoms with Gasteiger partial charge in [0.2, 0.25) is 0 Å². The van der Waals surface area contributed by atoms with Crippen molar-refractivity contribution >= 4 is 5.91 Å². The van der Waals surface area contributed by atoms with Gasteiger partial charge < -0.3 is 19.4 Å². The van der Waals surface area contributed by atoms with Gasteiger partial charge in [0.15, 0.2) is 11.5 Å². The molecule has 23 heavy (non-hydrogen) atoms. The second kappa shape index (κ2) is 7.72. The molecule has 5 heteroatoms. The summed E-state index contributed by atoms with van der Waals surface area (Å²) in [4.78, 5) is 12.3. The fourth-order valence-corrected chi connectivity index (χ4v) is 2.31. The molecule has 2 rings (SSSR count). The first-order chi connectivity index (χ1) is 11.1. The Morgan fingerprint density at radius 1 is 1.09 bits per heavy atom. The zero-order chi connectivity index (χ0) is 16.8. The van der Waals surface area contributed by atoms with E-state index in [4.69, 9.17) is 9.47 Å². The molecule has 0 atom stereocenters. The van der Waals surface area contributed by atoms with Gasteiger partial charge in [0, 0.05) is 24.0 Å². The number of ether oxygens (including phenoxy) is 2. The maximum Gasteiger partial charge on any atom is 0.251 e. The zero-order valence-corrected chi connectivity index (χ0v) is 14.2. The maximum absolute atomic E-state index is 12.3. The van der Waals surface area contributed by atoms with Gasteiger partial charge >= 0.3 is 0 Å². The van der Waals surface area contributed by atoms with Crippen molar-refractivity contribution in [1.82, 2.24) is 9.88 Å². The molecule has 0 fully saturated rings. The van der Waals surface area contributed by atoms with Gasteiger partial charge in [0.05, 0.1) is 19.8 Å². The van der Waals surface area contributed by atoms with Crippen molar-refractivity contribution in [2.75, 3.05) is 13.2 Å². The van der Waals surface area contributed by atoms with E-state index in [1.54, 1.807) is 18.2 Å². The van der Waals surface area contributed by atoms with Crippen molar-refractivity contribution in [3.05, 3.63) is 47.3 Å². The number of hydrogen-bond acceptors (Lipinski definition) is 3. The molecule has 0 aliphatic rings. The number of carbonyl (C=O) groups excluding carboxylic acids is 1. The highest BCUT2D eigenvalue weighted by molar-refractivity contribution is 5.94. The number of hydrogen-bond donors (Lipinski definition) is 1. The smallest absolute Gasteiger partial charge is 0.251 e. The Balaban J connectivity index is 2.09. The zero-order valence-electron chi connectivity index (χ0n) is 14.2. The highest BCUT2D eigenvalue weighted by atomic mass is 16.5. The lowest BCUT2D eigenvalue weighted by atomic mass is 10.2. The summed E-state index contributed by atoms with van der Waals surface area (Å²) in [6, 6.07) is 9.29. The lowest BCUT2D eigenvalue weighted by Gasteiger charge is -2.13. The van der Waals surface area contributed by atoms with Crippen LogP contribution >= 0.6 is 0 Å². The summed E-state index contributed by atoms with van der Waals surface area (Å²) in [5.41, 5.74) is 2.78. The topological polar surface area (TPSA) is 52.5 Å². The van der Waals surface area contributed by atoms with Crippen LogP contribution in [0.2, 0.25) is 0 Å². The Labute approximate surface area is 137 Å². The minimum atomic E-state index is -0.132. The van der Waals surface area contributed by atoms with E-state index in [1.165, 1.54) is 0 Å². The van der Waals surface area contributed by atoms with Crippen LogP contribution in [0.5, 0.6) is 11.5 Å². The highest BCUT2D eigenvalue weighted by Crippen LogP contribution is 2.28. The fraction of sp³-hybridized carbons (Fsp3) is 0.389. The molecule has 1 aromatic carbocycles. The van der Waals surface area contributed by atoms with Gasteiger partial charge in [-0.15, -0.1) is 0 Å². The van der Waals surface area contributed by atoms with Gasteiger partial charge in [-0.2, -0.15) is 0 Å². The molecular weight excluding hydrogens is 292 g/mol. The van der Waals surface area contributed by atoms with Crippen LogP contribution < -0.4 is 14.8 Å². The molecule has 1 amide bonds. The molecule has 0 aliphatic heterocycles. The standard InChI is InChI=1S/C18H24N2O3/c1-5-22-16-10-8-14(11-17(16)23-6-2)18(21)19-12-15-9-7-13(3)20(15)4/h7-11H,5-6,12H2,1-4H3,(H,19,21). The van der Waals surface area contributed by atoms with Crippen LogP contribution in [0.4, 0.5) is 0 Å². The third-order valence-corrected chi connectivity index (χ3v) is 3.71. The van der Waals surface area contributed by atoms with Crippen LogP contribution in [-0.2, 0) is 13.6 Å². The minimum Gasteiger partial charge on any atom is -0.490 e. The van der Waals surface area contributed by atoms with Crippen molar-refractivity contribution in [3.8, 4) is 11.5 Å². The summed E-state index contributed by atoms with van der Waals surface area (Å²) in [5.74, 6) is 1.12. The van der Waals surface area contributed by atoms with Crippen molar-refractivity contribution in [1.29, 1.82) is 0 Å². The fourth-order valence-electron chi connectivity index (χ4n) is 2.31. The molecule has 2 aromatic rings. The summed E-state index contributed by atoms with van der Waals surface area (Å²) < 4.78 is 13.1. The number of carbonyl (C=O) groups is 1. The second-order valence-corrected chi connectivity index (χ2v) is 5.24. The van der Waals surface area contributed by atoms with E-state index in [2.05, 4.69) is 9.88 Å². The summed E-state index contributed by atoms with van der Waals surface area (Å²) in [6.07, 6.45) is 0. The minimum absolute atomic E-state index is 0.132. The molecule has 0 radical (unpaired) electrons. The normalized spacial score (nSPS) is 10.4. The number of aromatic nitrogens is 1. The van der Waals surface area contributed by atoms with E-state index in [9.17, 15) is 4.79 Å². The number of aryl methyl sites for hydroxylation is 1. The van der Waals surface area contributed by atoms with Crippen LogP contribution in [0.3, 0.4) is 0 Å². The predicted molar refractivity (Wildman–Crippen MR) is 90.1 cm³/mol. The lowest BCUT2D eigenvalue weighted by Crippen LogP contribution is -2.24. The SMILES string of the molecule is CCOc1ccc(C(=O)NCc2ccc(C)n2C)cc1OCC. The molecule has 0 saturated heterocycles. The molecule has 0 spiro atoms. The number of nitrogens with zero attached hydrogens (tertiary/aromatic N) is 1. The Hall–Kier alpha value is -2.43. The highest BCUT2D eigenvalue weighted by Gasteiger charge is 2.12. The molecule has 1 aromatic heterocycles. The molecule has 1 heterocycles. The molecular formula is C18H24N2O3. The van der Waals surface area contributed by atoms with Crippen LogP contribution in [0.15, 0.2) is 30.3 Å². The van der Waals surface area contributed by atoms with Gasteiger partial charge in [-0.3, -0.25) is 4.79 Å². The van der Waals surface area contributed by atoms with Crippen LogP contribution in [0.1, 0.15) is 35.6 Å². The summed E-state index contributed by atoms with van der Waals surface area (Å²) in [5, 5.41) is 2.93. The molecule has 5 nitrogen and oxygen atoms in total. The number of nitrogens with one attached hydrogen (secondary N) is 1. The number of benzene rings is 1. The van der Waals surface area contributed by atoms with Crippen molar-refractivity contribution in [2.24, 2.45) is 7.05 Å². The first kappa shape index (κ1) is 16.9. The number of amides is 1. The van der Waals surface area contributed by atoms with Crippen LogP contribution in [0.25, 0.3) is 0 Å². The third kappa shape index (κ3) is 4.06. The Morgan fingerprint density at radius 3 is 2.39 bits per heavy atom. The van der Waals surface area contributed by atoms with E-state index >= 15 is 0 Å². The van der Waals surface area contributed by atoms with Gasteiger partial charge in [-0.05, 0) is 51.1 Å². The summed E-state index contributed by atoms with van der Waals surface area (Å²) in [7, 11) is 1.99. The first-order valence-corrected chi connectivity index (χ1v) is 7.85. The Kier molecular flexibility index (Phi) is 5.68. The van der Waals surface area contributed by atoms with Gasteiger partial charge in [0.25, 0.3) is 5.91 Å². The van der Waals surface area contributed by atoms with E-state index < -0.39 is 0 Å². The molecule has 1 N–H and O–H groups in total. The Bertz CT molecular complexity index is 677. The predicted octanol–water partition coefficient (Wildman–Crippen LogP) is 3.06. The third-order valence-electron chi connectivity index (χ3n) is 3.71. The maximum atomic E-state index is 12.3. The van der Waals surface area contributed by atoms with Gasteiger partial charge in [-0.25, -0.2) is 0 Å². The largest absolute Gasteiger partial charge is 0.490 e. The van der Waals surface area contributed by atoms with Crippen molar-refractivity contribution < 1.29 is 14.3 Å². The molecule has 0 saturated carbocycles. The quantitative estimate of drug-likeness (QED) is 0.854. The molecule has 0 unspecified atom stereocenters. The van der Waals surface area contributed by atoms with Gasteiger partial charge in [-0.1, -0.05) is 0 Å². The Morgan fingerprint density at radius 2 is 1.78 bits per heavy atom. The van der Waals surface area contributed by atoms with Gasteiger partial charge in [0.1, 0.15) is 0 Å². The van der Waals surface area contributed by atoms with E-state index in [0.717, 1.165) is 11.4 Å². The molecule has 0 bridgehead atoms.